The van der Waals surface area contributed by atoms with Crippen LogP contribution in [0.4, 0.5) is 0 Å². The topological polar surface area (TPSA) is 37.9 Å². The monoisotopic (exact) mass is 292 g/mol. The van der Waals surface area contributed by atoms with Crippen LogP contribution in [0.15, 0.2) is 36.4 Å². The number of H-pyrrole nitrogens is 1. The largest absolute Gasteiger partial charge is 0.497 e. The van der Waals surface area contributed by atoms with Crippen LogP contribution in [-0.4, -0.2) is 17.1 Å². The fourth-order valence-electron chi connectivity index (χ4n) is 1.92. The van der Waals surface area contributed by atoms with Gasteiger partial charge in [0.15, 0.2) is 0 Å². The number of imidazole rings is 1. The van der Waals surface area contributed by atoms with Gasteiger partial charge in [0.1, 0.15) is 11.6 Å². The molecule has 3 nitrogen and oxygen atoms in total. The molecule has 3 rings (SSSR count). The molecule has 0 amide bonds. The van der Waals surface area contributed by atoms with E-state index >= 15 is 0 Å². The molecule has 0 saturated heterocycles. The third-order valence-electron chi connectivity index (χ3n) is 2.88. The number of fused-ring (bicyclic) bond motifs is 1. The van der Waals surface area contributed by atoms with Crippen LogP contribution >= 0.6 is 23.2 Å². The van der Waals surface area contributed by atoms with E-state index in [1.807, 2.05) is 24.3 Å². The Morgan fingerprint density at radius 1 is 1.11 bits per heavy atom. The number of halogens is 2. The molecule has 0 saturated carbocycles. The summed E-state index contributed by atoms with van der Waals surface area (Å²) in [5.74, 6) is 1.50. The number of rotatable bonds is 2. The van der Waals surface area contributed by atoms with E-state index in [4.69, 9.17) is 27.9 Å². The van der Waals surface area contributed by atoms with Gasteiger partial charge in [0.2, 0.25) is 0 Å². The highest BCUT2D eigenvalue weighted by molar-refractivity contribution is 6.36. The van der Waals surface area contributed by atoms with E-state index in [9.17, 15) is 0 Å². The van der Waals surface area contributed by atoms with Gasteiger partial charge in [-0.25, -0.2) is 4.98 Å². The first-order chi connectivity index (χ1) is 9.17. The summed E-state index contributed by atoms with van der Waals surface area (Å²) in [5, 5.41) is 1.17. The Morgan fingerprint density at radius 3 is 2.68 bits per heavy atom. The molecule has 0 aliphatic carbocycles. The zero-order valence-electron chi connectivity index (χ0n) is 10.1. The third kappa shape index (κ3) is 2.27. The normalized spacial score (nSPS) is 10.9. The number of nitrogens with one attached hydrogen (secondary N) is 1. The zero-order chi connectivity index (χ0) is 13.4. The molecule has 0 unspecified atom stereocenters. The van der Waals surface area contributed by atoms with Gasteiger partial charge >= 0.3 is 0 Å². The molecular weight excluding hydrogens is 283 g/mol. The van der Waals surface area contributed by atoms with Crippen molar-refractivity contribution in [3.63, 3.8) is 0 Å². The standard InChI is InChI=1S/C14H10Cl2N2O/c1-19-9-3-5-12-13(7-9)18-14(17-12)10-4-2-8(15)6-11(10)16/h2-7H,1H3,(H,17,18). The zero-order valence-corrected chi connectivity index (χ0v) is 11.6. The van der Waals surface area contributed by atoms with Crippen LogP contribution in [0.5, 0.6) is 5.75 Å². The summed E-state index contributed by atoms with van der Waals surface area (Å²) in [5.41, 5.74) is 2.59. The van der Waals surface area contributed by atoms with Crippen LogP contribution in [0.2, 0.25) is 10.0 Å². The number of hydrogen-bond acceptors (Lipinski definition) is 2. The first-order valence-electron chi connectivity index (χ1n) is 5.66. The van der Waals surface area contributed by atoms with Crippen molar-refractivity contribution in [3.05, 3.63) is 46.4 Å². The average Bonchev–Trinajstić information content (AvgIpc) is 2.80. The average molecular weight is 293 g/mol. The fraction of sp³-hybridized carbons (Fsp3) is 0.0714. The van der Waals surface area contributed by atoms with Gasteiger partial charge in [-0.3, -0.25) is 0 Å². The number of aromatic amines is 1. The Kier molecular flexibility index (Phi) is 3.09. The second kappa shape index (κ2) is 4.76. The number of hydrogen-bond donors (Lipinski definition) is 1. The fourth-order valence-corrected chi connectivity index (χ4v) is 2.42. The van der Waals surface area contributed by atoms with Crippen LogP contribution in [-0.2, 0) is 0 Å². The predicted octanol–water partition coefficient (Wildman–Crippen LogP) is 4.55. The van der Waals surface area contributed by atoms with Crippen LogP contribution in [0.1, 0.15) is 0 Å². The molecule has 3 aromatic rings. The van der Waals surface area contributed by atoms with Crippen LogP contribution < -0.4 is 4.74 Å². The van der Waals surface area contributed by atoms with Gasteiger partial charge in [-0.15, -0.1) is 0 Å². The number of ether oxygens (including phenoxy) is 1. The highest BCUT2D eigenvalue weighted by Gasteiger charge is 2.09. The first-order valence-corrected chi connectivity index (χ1v) is 6.42. The second-order valence-electron chi connectivity index (χ2n) is 4.09. The quantitative estimate of drug-likeness (QED) is 0.753. The molecular formula is C14H10Cl2N2O. The predicted molar refractivity (Wildman–Crippen MR) is 78.1 cm³/mol. The molecule has 0 bridgehead atoms. The highest BCUT2D eigenvalue weighted by Crippen LogP contribution is 2.30. The van der Waals surface area contributed by atoms with Gasteiger partial charge < -0.3 is 9.72 Å². The third-order valence-corrected chi connectivity index (χ3v) is 3.42. The molecule has 0 atom stereocenters. The lowest BCUT2D eigenvalue weighted by Crippen LogP contribution is -1.82. The Bertz CT molecular complexity index is 752. The van der Waals surface area contributed by atoms with Gasteiger partial charge in [0.25, 0.3) is 0 Å². The van der Waals surface area contributed by atoms with Gasteiger partial charge in [-0.1, -0.05) is 23.2 Å². The summed E-state index contributed by atoms with van der Waals surface area (Å²) in [6.07, 6.45) is 0. The minimum atomic E-state index is 0.568. The molecule has 0 aliphatic heterocycles. The minimum absolute atomic E-state index is 0.568. The van der Waals surface area contributed by atoms with E-state index in [2.05, 4.69) is 9.97 Å². The SMILES string of the molecule is COc1ccc2nc(-c3ccc(Cl)cc3Cl)[nH]c2c1. The van der Waals surface area contributed by atoms with Gasteiger partial charge in [0, 0.05) is 16.7 Å². The Balaban J connectivity index is 2.14. The molecule has 2 aromatic carbocycles. The number of methoxy groups -OCH3 is 1. The first kappa shape index (κ1) is 12.3. The summed E-state index contributed by atoms with van der Waals surface area (Å²) >= 11 is 12.1. The van der Waals surface area contributed by atoms with Gasteiger partial charge in [-0.05, 0) is 30.3 Å². The molecule has 1 N–H and O–H groups in total. The molecule has 5 heteroatoms. The lowest BCUT2D eigenvalue weighted by atomic mass is 10.2. The second-order valence-corrected chi connectivity index (χ2v) is 4.94. The lowest BCUT2D eigenvalue weighted by molar-refractivity contribution is 0.415. The summed E-state index contributed by atoms with van der Waals surface area (Å²) in [7, 11) is 1.63. The maximum atomic E-state index is 6.18. The minimum Gasteiger partial charge on any atom is -0.497 e. The molecule has 0 aliphatic rings. The summed E-state index contributed by atoms with van der Waals surface area (Å²) in [6.45, 7) is 0. The van der Waals surface area contributed by atoms with E-state index in [0.717, 1.165) is 22.3 Å². The van der Waals surface area contributed by atoms with Crippen molar-refractivity contribution in [2.45, 2.75) is 0 Å². The molecule has 0 fully saturated rings. The Hall–Kier alpha value is -1.71. The highest BCUT2D eigenvalue weighted by atomic mass is 35.5. The Labute approximate surface area is 120 Å². The van der Waals surface area contributed by atoms with E-state index in [0.29, 0.717) is 15.9 Å². The summed E-state index contributed by atoms with van der Waals surface area (Å²) in [6, 6.07) is 11.0. The van der Waals surface area contributed by atoms with Crippen molar-refractivity contribution < 1.29 is 4.74 Å². The summed E-state index contributed by atoms with van der Waals surface area (Å²) < 4.78 is 5.19. The number of benzene rings is 2. The van der Waals surface area contributed by atoms with Crippen molar-refractivity contribution in [1.29, 1.82) is 0 Å². The number of nitrogens with zero attached hydrogens (tertiary/aromatic N) is 1. The van der Waals surface area contributed by atoms with E-state index in [1.54, 1.807) is 19.2 Å². The molecule has 96 valence electrons. The number of aromatic nitrogens is 2. The van der Waals surface area contributed by atoms with E-state index in [1.165, 1.54) is 0 Å². The van der Waals surface area contributed by atoms with Gasteiger partial charge in [-0.2, -0.15) is 0 Å². The van der Waals surface area contributed by atoms with Crippen molar-refractivity contribution in [3.8, 4) is 17.1 Å². The maximum Gasteiger partial charge on any atom is 0.140 e. The van der Waals surface area contributed by atoms with Crippen molar-refractivity contribution in [1.82, 2.24) is 9.97 Å². The van der Waals surface area contributed by atoms with Crippen molar-refractivity contribution >= 4 is 34.2 Å². The summed E-state index contributed by atoms with van der Waals surface area (Å²) in [4.78, 5) is 7.74. The van der Waals surface area contributed by atoms with E-state index < -0.39 is 0 Å². The molecule has 1 aromatic heterocycles. The Morgan fingerprint density at radius 2 is 1.95 bits per heavy atom. The van der Waals surface area contributed by atoms with Gasteiger partial charge in [0.05, 0.1) is 23.2 Å². The smallest absolute Gasteiger partial charge is 0.140 e. The van der Waals surface area contributed by atoms with E-state index in [-0.39, 0.29) is 0 Å². The van der Waals surface area contributed by atoms with Crippen molar-refractivity contribution in [2.75, 3.05) is 7.11 Å². The van der Waals surface area contributed by atoms with Crippen LogP contribution in [0.3, 0.4) is 0 Å². The lowest BCUT2D eigenvalue weighted by Gasteiger charge is -2.00. The van der Waals surface area contributed by atoms with Crippen molar-refractivity contribution in [2.24, 2.45) is 0 Å². The molecule has 19 heavy (non-hydrogen) atoms. The maximum absolute atomic E-state index is 6.18. The molecule has 0 spiro atoms. The molecule has 1 heterocycles. The molecule has 0 radical (unpaired) electrons. The van der Waals surface area contributed by atoms with Crippen LogP contribution in [0, 0.1) is 0 Å². The van der Waals surface area contributed by atoms with Crippen LogP contribution in [0.25, 0.3) is 22.4 Å².